The molecule has 0 saturated carbocycles. The number of halogens is 2. The van der Waals surface area contributed by atoms with Crippen LogP contribution in [0.25, 0.3) is 0 Å². The summed E-state index contributed by atoms with van der Waals surface area (Å²) < 4.78 is 36.4. The van der Waals surface area contributed by atoms with E-state index in [2.05, 4.69) is 20.4 Å². The Bertz CT molecular complexity index is 627. The first-order valence-corrected chi connectivity index (χ1v) is 6.10. The lowest BCUT2D eigenvalue weighted by molar-refractivity contribution is 0.285. The number of nitrogen functional groups attached to an aromatic ring is 1. The molecular formula is C12H13F2N5O2. The maximum atomic E-state index is 13.1. The van der Waals surface area contributed by atoms with Crippen LogP contribution < -0.4 is 20.7 Å². The monoisotopic (exact) mass is 297 g/mol. The van der Waals surface area contributed by atoms with E-state index in [1.165, 1.54) is 6.07 Å². The summed E-state index contributed by atoms with van der Waals surface area (Å²) in [5.74, 6) is 3.27. The van der Waals surface area contributed by atoms with E-state index in [4.69, 9.17) is 15.3 Å². The second-order valence-electron chi connectivity index (χ2n) is 3.89. The SMILES string of the molecule is CCCOc1nc(NN)nc(Oc2ccc(F)c(F)c2)n1. The molecule has 112 valence electrons. The largest absolute Gasteiger partial charge is 0.463 e. The Balaban J connectivity index is 2.23. The Morgan fingerprint density at radius 3 is 2.57 bits per heavy atom. The van der Waals surface area contributed by atoms with Crippen molar-refractivity contribution in [2.75, 3.05) is 12.0 Å². The second-order valence-corrected chi connectivity index (χ2v) is 3.89. The van der Waals surface area contributed by atoms with E-state index in [0.717, 1.165) is 18.6 Å². The van der Waals surface area contributed by atoms with Gasteiger partial charge >= 0.3 is 12.0 Å². The third kappa shape index (κ3) is 3.96. The number of nitrogens with zero attached hydrogens (tertiary/aromatic N) is 3. The van der Waals surface area contributed by atoms with E-state index in [1.54, 1.807) is 0 Å². The number of hydrogen-bond acceptors (Lipinski definition) is 7. The van der Waals surface area contributed by atoms with Crippen LogP contribution >= 0.6 is 0 Å². The van der Waals surface area contributed by atoms with Crippen molar-refractivity contribution < 1.29 is 18.3 Å². The summed E-state index contributed by atoms with van der Waals surface area (Å²) in [5, 5.41) is 0. The number of ether oxygens (including phenoxy) is 2. The molecule has 21 heavy (non-hydrogen) atoms. The van der Waals surface area contributed by atoms with Crippen molar-refractivity contribution in [3.8, 4) is 17.8 Å². The quantitative estimate of drug-likeness (QED) is 0.622. The summed E-state index contributed by atoms with van der Waals surface area (Å²) in [7, 11) is 0. The minimum atomic E-state index is -1.04. The standard InChI is InChI=1S/C12H13F2N5O2/c1-2-5-20-11-16-10(19-15)17-12(18-11)21-7-3-4-8(13)9(14)6-7/h3-4,6H,2,5,15H2,1H3,(H,16,17,18,19). The van der Waals surface area contributed by atoms with Crippen molar-refractivity contribution in [3.63, 3.8) is 0 Å². The molecule has 0 aliphatic rings. The number of hydrazine groups is 1. The minimum Gasteiger partial charge on any atom is -0.463 e. The Kier molecular flexibility index (Phi) is 4.77. The predicted octanol–water partition coefficient (Wildman–Crippen LogP) is 2.02. The van der Waals surface area contributed by atoms with Gasteiger partial charge in [-0.25, -0.2) is 14.6 Å². The van der Waals surface area contributed by atoms with Crippen molar-refractivity contribution in [1.29, 1.82) is 0 Å². The highest BCUT2D eigenvalue weighted by Gasteiger charge is 2.10. The molecule has 0 atom stereocenters. The van der Waals surface area contributed by atoms with Crippen molar-refractivity contribution in [2.45, 2.75) is 13.3 Å². The highest BCUT2D eigenvalue weighted by molar-refractivity contribution is 5.30. The third-order valence-corrected chi connectivity index (χ3v) is 2.26. The van der Waals surface area contributed by atoms with Gasteiger partial charge in [-0.2, -0.15) is 9.97 Å². The highest BCUT2D eigenvalue weighted by Crippen LogP contribution is 2.22. The molecule has 1 heterocycles. The molecule has 0 radical (unpaired) electrons. The van der Waals surface area contributed by atoms with E-state index in [0.29, 0.717) is 6.61 Å². The summed E-state index contributed by atoms with van der Waals surface area (Å²) in [6, 6.07) is 2.90. The lowest BCUT2D eigenvalue weighted by atomic mass is 10.3. The normalized spacial score (nSPS) is 10.3. The van der Waals surface area contributed by atoms with Crippen LogP contribution in [0.15, 0.2) is 18.2 Å². The molecule has 0 aliphatic heterocycles. The van der Waals surface area contributed by atoms with Crippen LogP contribution in [0.4, 0.5) is 14.7 Å². The summed E-state index contributed by atoms with van der Waals surface area (Å²) in [6.07, 6.45) is 0.760. The number of aromatic nitrogens is 3. The summed E-state index contributed by atoms with van der Waals surface area (Å²) in [4.78, 5) is 11.6. The van der Waals surface area contributed by atoms with Gasteiger partial charge in [0, 0.05) is 6.07 Å². The molecule has 0 aliphatic carbocycles. The van der Waals surface area contributed by atoms with E-state index < -0.39 is 11.6 Å². The second kappa shape index (κ2) is 6.75. The number of nitrogens with one attached hydrogen (secondary N) is 1. The molecular weight excluding hydrogens is 284 g/mol. The lowest BCUT2D eigenvalue weighted by Crippen LogP contribution is -2.13. The van der Waals surface area contributed by atoms with Crippen LogP contribution in [0.2, 0.25) is 0 Å². The Labute approximate surface area is 119 Å². The van der Waals surface area contributed by atoms with Gasteiger partial charge in [0.15, 0.2) is 11.6 Å². The fraction of sp³-hybridized carbons (Fsp3) is 0.250. The van der Waals surface area contributed by atoms with E-state index in [9.17, 15) is 8.78 Å². The lowest BCUT2D eigenvalue weighted by Gasteiger charge is -2.08. The van der Waals surface area contributed by atoms with E-state index in [1.807, 2.05) is 6.92 Å². The van der Waals surface area contributed by atoms with Gasteiger partial charge in [0.05, 0.1) is 6.61 Å². The first-order chi connectivity index (χ1) is 10.1. The van der Waals surface area contributed by atoms with E-state index in [-0.39, 0.29) is 23.7 Å². The van der Waals surface area contributed by atoms with E-state index >= 15 is 0 Å². The molecule has 1 aromatic heterocycles. The molecule has 0 bridgehead atoms. The van der Waals surface area contributed by atoms with Gasteiger partial charge in [-0.1, -0.05) is 6.92 Å². The molecule has 7 nitrogen and oxygen atoms in total. The van der Waals surface area contributed by atoms with Gasteiger partial charge in [-0.3, -0.25) is 5.43 Å². The number of rotatable bonds is 6. The first-order valence-electron chi connectivity index (χ1n) is 6.10. The van der Waals surface area contributed by atoms with Crippen LogP contribution in [-0.4, -0.2) is 21.6 Å². The van der Waals surface area contributed by atoms with Gasteiger partial charge < -0.3 is 9.47 Å². The number of nitrogens with two attached hydrogens (primary N) is 1. The Morgan fingerprint density at radius 1 is 1.14 bits per heavy atom. The first kappa shape index (κ1) is 14.9. The Hall–Kier alpha value is -2.55. The molecule has 0 amide bonds. The van der Waals surface area contributed by atoms with Crippen LogP contribution in [-0.2, 0) is 0 Å². The molecule has 0 saturated heterocycles. The average molecular weight is 297 g/mol. The van der Waals surface area contributed by atoms with Crippen LogP contribution in [0.1, 0.15) is 13.3 Å². The van der Waals surface area contributed by atoms with Crippen LogP contribution in [0, 0.1) is 11.6 Å². The molecule has 3 N–H and O–H groups in total. The summed E-state index contributed by atoms with van der Waals surface area (Å²) in [6.45, 7) is 2.32. The van der Waals surface area contributed by atoms with Gasteiger partial charge in [-0.05, 0) is 18.6 Å². The van der Waals surface area contributed by atoms with Crippen LogP contribution in [0.3, 0.4) is 0 Å². The summed E-state index contributed by atoms with van der Waals surface area (Å²) >= 11 is 0. The van der Waals surface area contributed by atoms with Crippen molar-refractivity contribution >= 4 is 5.95 Å². The molecule has 9 heteroatoms. The molecule has 0 fully saturated rings. The molecule has 0 unspecified atom stereocenters. The topological polar surface area (TPSA) is 95.2 Å². The van der Waals surface area contributed by atoms with Crippen LogP contribution in [0.5, 0.6) is 17.8 Å². The fourth-order valence-corrected chi connectivity index (χ4v) is 1.35. The summed E-state index contributed by atoms with van der Waals surface area (Å²) in [5.41, 5.74) is 2.23. The van der Waals surface area contributed by atoms with Gasteiger partial charge in [0.2, 0.25) is 5.95 Å². The maximum Gasteiger partial charge on any atom is 0.330 e. The number of anilines is 1. The zero-order valence-electron chi connectivity index (χ0n) is 11.1. The molecule has 2 rings (SSSR count). The average Bonchev–Trinajstić information content (AvgIpc) is 2.48. The van der Waals surface area contributed by atoms with Gasteiger partial charge in [0.25, 0.3) is 0 Å². The number of hydrogen-bond donors (Lipinski definition) is 2. The van der Waals surface area contributed by atoms with Crippen molar-refractivity contribution in [3.05, 3.63) is 29.8 Å². The van der Waals surface area contributed by atoms with Crippen molar-refractivity contribution in [1.82, 2.24) is 15.0 Å². The smallest absolute Gasteiger partial charge is 0.330 e. The molecule has 2 aromatic rings. The minimum absolute atomic E-state index is 0.0115. The molecule has 0 spiro atoms. The number of benzene rings is 1. The fourth-order valence-electron chi connectivity index (χ4n) is 1.35. The zero-order valence-corrected chi connectivity index (χ0v) is 11.1. The Morgan fingerprint density at radius 2 is 1.90 bits per heavy atom. The maximum absolute atomic E-state index is 13.1. The molecule has 1 aromatic carbocycles. The predicted molar refractivity (Wildman–Crippen MR) is 69.9 cm³/mol. The highest BCUT2D eigenvalue weighted by atomic mass is 19.2. The third-order valence-electron chi connectivity index (χ3n) is 2.26. The van der Waals surface area contributed by atoms with Gasteiger partial charge in [0.1, 0.15) is 5.75 Å². The van der Waals surface area contributed by atoms with Gasteiger partial charge in [-0.15, -0.1) is 4.98 Å². The van der Waals surface area contributed by atoms with Crippen molar-refractivity contribution in [2.24, 2.45) is 5.84 Å². The zero-order chi connectivity index (χ0) is 15.2.